The minimum atomic E-state index is 0. The van der Waals surface area contributed by atoms with Gasteiger partial charge in [-0.3, -0.25) is 4.79 Å². The van der Waals surface area contributed by atoms with Crippen molar-refractivity contribution in [1.29, 1.82) is 0 Å². The van der Waals surface area contributed by atoms with Gasteiger partial charge < -0.3 is 10.6 Å². The van der Waals surface area contributed by atoms with Crippen molar-refractivity contribution in [2.75, 3.05) is 18.4 Å². The molecule has 122 valence electrons. The highest BCUT2D eigenvalue weighted by Gasteiger charge is 2.21. The van der Waals surface area contributed by atoms with Gasteiger partial charge in [0, 0.05) is 21.8 Å². The highest BCUT2D eigenvalue weighted by molar-refractivity contribution is 8.00. The van der Waals surface area contributed by atoms with Crippen LogP contribution in [0.5, 0.6) is 0 Å². The van der Waals surface area contributed by atoms with Gasteiger partial charge in [-0.05, 0) is 63.0 Å². The van der Waals surface area contributed by atoms with Crippen molar-refractivity contribution in [3.8, 4) is 0 Å². The molecular weight excluding hydrogens is 316 g/mol. The first-order chi connectivity index (χ1) is 10.3. The summed E-state index contributed by atoms with van der Waals surface area (Å²) in [5.74, 6) is 0.339. The van der Waals surface area contributed by atoms with Crippen LogP contribution in [0.25, 0.3) is 0 Å². The van der Waals surface area contributed by atoms with E-state index in [1.807, 2.05) is 23.9 Å². The number of halogens is 1. The molecule has 1 aromatic rings. The van der Waals surface area contributed by atoms with Gasteiger partial charge >= 0.3 is 0 Å². The van der Waals surface area contributed by atoms with E-state index in [0.29, 0.717) is 0 Å². The zero-order valence-electron chi connectivity index (χ0n) is 12.8. The van der Waals surface area contributed by atoms with Gasteiger partial charge in [0.15, 0.2) is 0 Å². The maximum atomic E-state index is 12.2. The fraction of sp³-hybridized carbons (Fsp3) is 0.588. The summed E-state index contributed by atoms with van der Waals surface area (Å²) in [6.07, 6.45) is 7.34. The molecule has 0 atom stereocenters. The SMILES string of the molecule is Cl.O=C(Nc1ccc(SC2CCCC2)cc1)C1CCNCC1. The minimum absolute atomic E-state index is 0. The predicted molar refractivity (Wildman–Crippen MR) is 96.0 cm³/mol. The van der Waals surface area contributed by atoms with E-state index < -0.39 is 0 Å². The zero-order chi connectivity index (χ0) is 14.5. The number of rotatable bonds is 4. The molecule has 0 aromatic heterocycles. The van der Waals surface area contributed by atoms with E-state index in [1.54, 1.807) is 0 Å². The first-order valence-electron chi connectivity index (χ1n) is 8.09. The van der Waals surface area contributed by atoms with Gasteiger partial charge in [-0.25, -0.2) is 0 Å². The number of anilines is 1. The molecule has 3 rings (SSSR count). The Labute approximate surface area is 143 Å². The number of nitrogens with one attached hydrogen (secondary N) is 2. The summed E-state index contributed by atoms with van der Waals surface area (Å²) in [5, 5.41) is 7.14. The van der Waals surface area contributed by atoms with Gasteiger partial charge in [0.05, 0.1) is 0 Å². The zero-order valence-corrected chi connectivity index (χ0v) is 14.5. The van der Waals surface area contributed by atoms with Crippen LogP contribution in [-0.4, -0.2) is 24.2 Å². The number of carbonyl (C=O) groups excluding carboxylic acids is 1. The topological polar surface area (TPSA) is 41.1 Å². The second-order valence-electron chi connectivity index (χ2n) is 6.06. The van der Waals surface area contributed by atoms with Crippen LogP contribution in [0.3, 0.4) is 0 Å². The van der Waals surface area contributed by atoms with Crippen LogP contribution in [0.1, 0.15) is 38.5 Å². The second-order valence-corrected chi connectivity index (χ2v) is 7.44. The fourth-order valence-electron chi connectivity index (χ4n) is 3.14. The number of hydrogen-bond acceptors (Lipinski definition) is 3. The van der Waals surface area contributed by atoms with E-state index in [9.17, 15) is 4.79 Å². The van der Waals surface area contributed by atoms with Gasteiger partial charge in [0.1, 0.15) is 0 Å². The molecule has 0 radical (unpaired) electrons. The molecular formula is C17H25ClN2OS. The van der Waals surface area contributed by atoms with Crippen molar-refractivity contribution in [1.82, 2.24) is 5.32 Å². The maximum absolute atomic E-state index is 12.2. The molecule has 0 spiro atoms. The van der Waals surface area contributed by atoms with Crippen molar-refractivity contribution < 1.29 is 4.79 Å². The Hall–Kier alpha value is -0.710. The van der Waals surface area contributed by atoms with Crippen LogP contribution in [0.2, 0.25) is 0 Å². The molecule has 2 fully saturated rings. The Morgan fingerprint density at radius 2 is 1.68 bits per heavy atom. The number of piperidine rings is 1. The van der Waals surface area contributed by atoms with Gasteiger partial charge in [0.25, 0.3) is 0 Å². The number of thioether (sulfide) groups is 1. The van der Waals surface area contributed by atoms with Crippen molar-refractivity contribution >= 4 is 35.8 Å². The van der Waals surface area contributed by atoms with Gasteiger partial charge in [-0.2, -0.15) is 0 Å². The Bertz CT molecular complexity index is 468. The van der Waals surface area contributed by atoms with E-state index in [1.165, 1.54) is 30.6 Å². The summed E-state index contributed by atoms with van der Waals surface area (Å²) in [6.45, 7) is 1.91. The second kappa shape index (κ2) is 8.80. The molecule has 0 bridgehead atoms. The molecule has 3 nitrogen and oxygen atoms in total. The van der Waals surface area contributed by atoms with Crippen LogP contribution in [-0.2, 0) is 4.79 Å². The minimum Gasteiger partial charge on any atom is -0.326 e. The lowest BCUT2D eigenvalue weighted by molar-refractivity contribution is -0.120. The van der Waals surface area contributed by atoms with Crippen molar-refractivity contribution in [3.63, 3.8) is 0 Å². The first kappa shape index (κ1) is 17.6. The largest absolute Gasteiger partial charge is 0.326 e. The lowest BCUT2D eigenvalue weighted by Gasteiger charge is -2.21. The van der Waals surface area contributed by atoms with E-state index >= 15 is 0 Å². The number of amides is 1. The molecule has 2 aliphatic rings. The van der Waals surface area contributed by atoms with Gasteiger partial charge in [0.2, 0.25) is 5.91 Å². The quantitative estimate of drug-likeness (QED) is 0.867. The van der Waals surface area contributed by atoms with Crippen LogP contribution >= 0.6 is 24.2 Å². The molecule has 1 heterocycles. The smallest absolute Gasteiger partial charge is 0.227 e. The highest BCUT2D eigenvalue weighted by atomic mass is 35.5. The molecule has 1 aromatic carbocycles. The summed E-state index contributed by atoms with van der Waals surface area (Å²) < 4.78 is 0. The molecule has 1 amide bonds. The van der Waals surface area contributed by atoms with Crippen molar-refractivity contribution in [3.05, 3.63) is 24.3 Å². The Balaban J connectivity index is 0.00000176. The molecule has 1 saturated heterocycles. The Morgan fingerprint density at radius 1 is 1.05 bits per heavy atom. The standard InChI is InChI=1S/C17H24N2OS.ClH/c20-17(13-9-11-18-12-10-13)19-14-5-7-16(8-6-14)21-15-3-1-2-4-15;/h5-8,13,15,18H,1-4,9-12H2,(H,19,20);1H. The van der Waals surface area contributed by atoms with E-state index in [0.717, 1.165) is 36.9 Å². The van der Waals surface area contributed by atoms with Crippen molar-refractivity contribution in [2.45, 2.75) is 48.7 Å². The fourth-order valence-corrected chi connectivity index (χ4v) is 4.39. The Morgan fingerprint density at radius 3 is 2.32 bits per heavy atom. The third-order valence-corrected chi connectivity index (χ3v) is 5.79. The van der Waals surface area contributed by atoms with Crippen LogP contribution in [0.15, 0.2) is 29.2 Å². The van der Waals surface area contributed by atoms with Crippen LogP contribution < -0.4 is 10.6 Å². The molecule has 0 unspecified atom stereocenters. The molecule has 1 saturated carbocycles. The lowest BCUT2D eigenvalue weighted by Crippen LogP contribution is -2.34. The number of hydrogen-bond donors (Lipinski definition) is 2. The predicted octanol–water partition coefficient (Wildman–Crippen LogP) is 4.08. The van der Waals surface area contributed by atoms with Gasteiger partial charge in [-0.1, -0.05) is 12.8 Å². The third kappa shape index (κ3) is 4.90. The van der Waals surface area contributed by atoms with Crippen LogP contribution in [0, 0.1) is 5.92 Å². The maximum Gasteiger partial charge on any atom is 0.227 e. The molecule has 2 N–H and O–H groups in total. The molecule has 1 aliphatic carbocycles. The van der Waals surface area contributed by atoms with E-state index in [-0.39, 0.29) is 24.2 Å². The summed E-state index contributed by atoms with van der Waals surface area (Å²) >= 11 is 1.99. The summed E-state index contributed by atoms with van der Waals surface area (Å²) in [6, 6.07) is 8.36. The molecule has 22 heavy (non-hydrogen) atoms. The van der Waals surface area contributed by atoms with Crippen LogP contribution in [0.4, 0.5) is 5.69 Å². The monoisotopic (exact) mass is 340 g/mol. The summed E-state index contributed by atoms with van der Waals surface area (Å²) in [5.41, 5.74) is 0.925. The first-order valence-corrected chi connectivity index (χ1v) is 8.97. The summed E-state index contributed by atoms with van der Waals surface area (Å²) in [4.78, 5) is 13.5. The molecule has 1 aliphatic heterocycles. The summed E-state index contributed by atoms with van der Waals surface area (Å²) in [7, 11) is 0. The lowest BCUT2D eigenvalue weighted by atomic mass is 9.97. The number of benzene rings is 1. The number of carbonyl (C=O) groups is 1. The highest BCUT2D eigenvalue weighted by Crippen LogP contribution is 2.35. The normalized spacial score (nSPS) is 19.6. The van der Waals surface area contributed by atoms with E-state index in [4.69, 9.17) is 0 Å². The average Bonchev–Trinajstić information content (AvgIpc) is 3.03. The van der Waals surface area contributed by atoms with E-state index in [2.05, 4.69) is 22.8 Å². The Kier molecular flexibility index (Phi) is 7.06. The van der Waals surface area contributed by atoms with Gasteiger partial charge in [-0.15, -0.1) is 24.2 Å². The molecule has 5 heteroatoms. The average molecular weight is 341 g/mol. The van der Waals surface area contributed by atoms with Crippen molar-refractivity contribution in [2.24, 2.45) is 5.92 Å². The third-order valence-electron chi connectivity index (χ3n) is 4.44.